The summed E-state index contributed by atoms with van der Waals surface area (Å²) in [6.45, 7) is 5.16. The van der Waals surface area contributed by atoms with Crippen molar-refractivity contribution in [3.63, 3.8) is 0 Å². The van der Waals surface area contributed by atoms with Gasteiger partial charge in [0.15, 0.2) is 0 Å². The Morgan fingerprint density at radius 3 is 2.51 bits per heavy atom. The lowest BCUT2D eigenvalue weighted by Gasteiger charge is -2.17. The van der Waals surface area contributed by atoms with Gasteiger partial charge in [-0.3, -0.25) is 24.1 Å². The van der Waals surface area contributed by atoms with Crippen molar-refractivity contribution >= 4 is 29.4 Å². The quantitative estimate of drug-likeness (QED) is 0.212. The number of alkyl halides is 3. The molecule has 0 bridgehead atoms. The lowest BCUT2D eigenvalue weighted by atomic mass is 9.94. The normalized spacial score (nSPS) is 13.3. The van der Waals surface area contributed by atoms with Crippen LogP contribution in [0.3, 0.4) is 0 Å². The van der Waals surface area contributed by atoms with Crippen LogP contribution in [0.25, 0.3) is 6.20 Å². The van der Waals surface area contributed by atoms with Crippen LogP contribution in [0.15, 0.2) is 70.9 Å². The van der Waals surface area contributed by atoms with E-state index < -0.39 is 34.9 Å². The molecule has 0 aliphatic rings. The Balaban J connectivity index is 1.98. The third-order valence-corrected chi connectivity index (χ3v) is 6.63. The number of halogens is 5. The highest BCUT2D eigenvalue weighted by molar-refractivity contribution is 6.31. The Hall–Kier alpha value is -4.05. The summed E-state index contributed by atoms with van der Waals surface area (Å²) in [5, 5.41) is -0.0932. The SMILES string of the molecule is C/C=C/N=C(/C=C/n1c(C)cc(C(C)Cc2cncc(C(F)(F)F)c2)c(Cl)c1=O)c1cccc(C(=O)N(C)C)c1F. The molecule has 3 aromatic rings. The molecule has 0 aliphatic carbocycles. The van der Waals surface area contributed by atoms with Crippen LogP contribution >= 0.6 is 11.6 Å². The highest BCUT2D eigenvalue weighted by Gasteiger charge is 2.31. The molecule has 2 heterocycles. The van der Waals surface area contributed by atoms with Gasteiger partial charge in [-0.1, -0.05) is 30.7 Å². The van der Waals surface area contributed by atoms with E-state index in [1.54, 1.807) is 39.0 Å². The molecule has 0 saturated heterocycles. The van der Waals surface area contributed by atoms with Crippen LogP contribution < -0.4 is 5.56 Å². The third kappa shape index (κ3) is 7.38. The monoisotopic (exact) mass is 588 g/mol. The highest BCUT2D eigenvalue weighted by Crippen LogP contribution is 2.31. The molecule has 11 heteroatoms. The predicted octanol–water partition coefficient (Wildman–Crippen LogP) is 6.90. The van der Waals surface area contributed by atoms with Crippen molar-refractivity contribution in [3.05, 3.63) is 116 Å². The number of amides is 1. The lowest BCUT2D eigenvalue weighted by Crippen LogP contribution is -2.23. The van der Waals surface area contributed by atoms with Crippen molar-refractivity contribution in [2.45, 2.75) is 39.3 Å². The molecule has 1 unspecified atom stereocenters. The zero-order chi connectivity index (χ0) is 30.5. The lowest BCUT2D eigenvalue weighted by molar-refractivity contribution is -0.137. The largest absolute Gasteiger partial charge is 0.417 e. The molecule has 2 aromatic heterocycles. The zero-order valence-corrected chi connectivity index (χ0v) is 23.9. The second-order valence-corrected chi connectivity index (χ2v) is 9.97. The maximum Gasteiger partial charge on any atom is 0.417 e. The third-order valence-electron chi connectivity index (χ3n) is 6.25. The minimum atomic E-state index is -4.52. The van der Waals surface area contributed by atoms with E-state index in [1.807, 2.05) is 0 Å². The van der Waals surface area contributed by atoms with Gasteiger partial charge in [-0.05, 0) is 67.7 Å². The number of carbonyl (C=O) groups excluding carboxylic acids is 1. The number of allylic oxidation sites excluding steroid dienone is 2. The highest BCUT2D eigenvalue weighted by atomic mass is 35.5. The van der Waals surface area contributed by atoms with Gasteiger partial charge in [0, 0.05) is 50.1 Å². The smallest absolute Gasteiger partial charge is 0.345 e. The van der Waals surface area contributed by atoms with Gasteiger partial charge >= 0.3 is 6.18 Å². The number of rotatable bonds is 8. The second-order valence-electron chi connectivity index (χ2n) is 9.59. The first-order valence-electron chi connectivity index (χ1n) is 12.6. The number of pyridine rings is 2. The first-order valence-corrected chi connectivity index (χ1v) is 12.9. The van der Waals surface area contributed by atoms with Gasteiger partial charge in [0.1, 0.15) is 10.8 Å². The fourth-order valence-electron chi connectivity index (χ4n) is 4.15. The maximum atomic E-state index is 15.4. The van der Waals surface area contributed by atoms with Gasteiger partial charge < -0.3 is 4.90 Å². The molecule has 1 atom stereocenters. The molecule has 0 radical (unpaired) electrons. The molecular formula is C30H29ClF4N4O2. The summed E-state index contributed by atoms with van der Waals surface area (Å²) in [6, 6.07) is 7.10. The van der Waals surface area contributed by atoms with Crippen LogP contribution in [-0.4, -0.2) is 40.2 Å². The Labute approximate surface area is 240 Å². The number of hydrogen-bond donors (Lipinski definition) is 0. The van der Waals surface area contributed by atoms with Crippen LogP contribution in [-0.2, 0) is 12.6 Å². The molecule has 0 N–H and O–H groups in total. The summed E-state index contributed by atoms with van der Waals surface area (Å²) in [5.41, 5.74) is -0.00807. The summed E-state index contributed by atoms with van der Waals surface area (Å²) in [4.78, 5) is 34.9. The molecule has 1 aromatic carbocycles. The van der Waals surface area contributed by atoms with Crippen LogP contribution in [0.5, 0.6) is 0 Å². The van der Waals surface area contributed by atoms with E-state index in [9.17, 15) is 22.8 Å². The summed E-state index contributed by atoms with van der Waals surface area (Å²) in [5.74, 6) is -1.66. The number of aryl methyl sites for hydroxylation is 1. The van der Waals surface area contributed by atoms with Gasteiger partial charge in [0.05, 0.1) is 16.8 Å². The number of hydrogen-bond acceptors (Lipinski definition) is 4. The van der Waals surface area contributed by atoms with E-state index in [0.717, 1.165) is 12.3 Å². The van der Waals surface area contributed by atoms with Crippen molar-refractivity contribution in [1.82, 2.24) is 14.5 Å². The van der Waals surface area contributed by atoms with Gasteiger partial charge in [-0.2, -0.15) is 13.2 Å². The molecule has 0 spiro atoms. The van der Waals surface area contributed by atoms with Crippen molar-refractivity contribution in [3.8, 4) is 0 Å². The van der Waals surface area contributed by atoms with E-state index in [-0.39, 0.29) is 28.3 Å². The Bertz CT molecular complexity index is 1590. The zero-order valence-electron chi connectivity index (χ0n) is 23.1. The van der Waals surface area contributed by atoms with E-state index in [1.165, 1.54) is 60.4 Å². The fraction of sp³-hybridized carbons (Fsp3) is 0.267. The summed E-state index contributed by atoms with van der Waals surface area (Å²) in [7, 11) is 3.03. The van der Waals surface area contributed by atoms with E-state index in [2.05, 4.69) is 9.98 Å². The molecule has 3 rings (SSSR count). The molecule has 41 heavy (non-hydrogen) atoms. The molecule has 1 amide bonds. The molecule has 0 saturated carbocycles. The van der Waals surface area contributed by atoms with E-state index >= 15 is 4.39 Å². The van der Waals surface area contributed by atoms with Crippen molar-refractivity contribution in [1.29, 1.82) is 0 Å². The number of carbonyl (C=O) groups is 1. The van der Waals surface area contributed by atoms with Crippen LogP contribution in [0.4, 0.5) is 17.6 Å². The van der Waals surface area contributed by atoms with Gasteiger partial charge in [-0.25, -0.2) is 4.39 Å². The minimum absolute atomic E-state index is 0.0591. The predicted molar refractivity (Wildman–Crippen MR) is 153 cm³/mol. The second kappa shape index (κ2) is 13.1. The minimum Gasteiger partial charge on any atom is -0.345 e. The van der Waals surface area contributed by atoms with Gasteiger partial charge in [-0.15, -0.1) is 0 Å². The summed E-state index contributed by atoms with van der Waals surface area (Å²) >= 11 is 6.46. The molecular weight excluding hydrogens is 560 g/mol. The Morgan fingerprint density at radius 1 is 1.20 bits per heavy atom. The van der Waals surface area contributed by atoms with Crippen molar-refractivity contribution in [2.75, 3.05) is 14.1 Å². The first kappa shape index (κ1) is 31.5. The van der Waals surface area contributed by atoms with Gasteiger partial charge in [0.2, 0.25) is 0 Å². The summed E-state index contributed by atoms with van der Waals surface area (Å²) in [6.07, 6.45) is 3.70. The fourth-order valence-corrected chi connectivity index (χ4v) is 4.48. The van der Waals surface area contributed by atoms with E-state index in [0.29, 0.717) is 16.8 Å². The molecule has 0 aliphatic heterocycles. The number of aromatic nitrogens is 2. The Morgan fingerprint density at radius 2 is 1.88 bits per heavy atom. The molecule has 0 fully saturated rings. The van der Waals surface area contributed by atoms with Crippen LogP contribution in [0.2, 0.25) is 5.02 Å². The van der Waals surface area contributed by atoms with Crippen molar-refractivity contribution in [2.24, 2.45) is 4.99 Å². The van der Waals surface area contributed by atoms with Crippen LogP contribution in [0, 0.1) is 12.7 Å². The standard InChI is InChI=1S/C30H29ClF4N4O2/c1-6-11-37-25(22-8-7-9-23(27(22)32)28(40)38(4)5)10-12-39-19(3)14-24(26(31)29(39)41)18(2)13-20-15-21(17-36-16-20)30(33,34)35/h6-12,14-18H,13H2,1-5H3/b11-6+,12-10+,37-25-. The first-order chi connectivity index (χ1) is 19.3. The van der Waals surface area contributed by atoms with E-state index in [4.69, 9.17) is 11.6 Å². The average molecular weight is 589 g/mol. The van der Waals surface area contributed by atoms with Crippen LogP contribution in [0.1, 0.15) is 58.1 Å². The van der Waals surface area contributed by atoms with Gasteiger partial charge in [0.25, 0.3) is 11.5 Å². The summed E-state index contributed by atoms with van der Waals surface area (Å²) < 4.78 is 55.9. The van der Waals surface area contributed by atoms with Crippen molar-refractivity contribution < 1.29 is 22.4 Å². The number of nitrogens with zero attached hydrogens (tertiary/aromatic N) is 4. The molecule has 6 nitrogen and oxygen atoms in total. The molecule has 216 valence electrons. The number of aliphatic imine (C=N–C) groups is 1. The number of benzene rings is 1. The maximum absolute atomic E-state index is 15.4. The topological polar surface area (TPSA) is 67.6 Å². The Kier molecular flexibility index (Phi) is 10.0. The average Bonchev–Trinajstić information content (AvgIpc) is 2.91.